The number of carbonyl (C=O) groups is 1. The van der Waals surface area contributed by atoms with E-state index in [0.29, 0.717) is 17.9 Å². The van der Waals surface area contributed by atoms with Gasteiger partial charge in [0.05, 0.1) is 19.2 Å². The molecule has 0 saturated carbocycles. The van der Waals surface area contributed by atoms with Gasteiger partial charge in [-0.1, -0.05) is 0 Å². The number of hydrogen-bond donors (Lipinski definition) is 0. The van der Waals surface area contributed by atoms with Gasteiger partial charge in [0.15, 0.2) is 0 Å². The van der Waals surface area contributed by atoms with Crippen molar-refractivity contribution in [2.75, 3.05) is 7.11 Å². The Morgan fingerprint density at radius 2 is 2.53 bits per heavy atom. The van der Waals surface area contributed by atoms with Crippen molar-refractivity contribution < 1.29 is 13.9 Å². The number of aromatic nitrogens is 2. The number of furan rings is 1. The fourth-order valence-corrected chi connectivity index (χ4v) is 1.24. The molecule has 0 aromatic carbocycles. The van der Waals surface area contributed by atoms with Gasteiger partial charge in [0, 0.05) is 12.4 Å². The summed E-state index contributed by atoms with van der Waals surface area (Å²) >= 11 is 0. The van der Waals surface area contributed by atoms with Crippen molar-refractivity contribution in [1.29, 1.82) is 0 Å². The predicted molar refractivity (Wildman–Crippen MR) is 51.4 cm³/mol. The van der Waals surface area contributed by atoms with Crippen molar-refractivity contribution in [3.63, 3.8) is 0 Å². The molecular weight excluding hydrogens is 196 g/mol. The molecule has 2 aromatic heterocycles. The summed E-state index contributed by atoms with van der Waals surface area (Å²) in [5, 5.41) is 4.03. The van der Waals surface area contributed by atoms with Crippen LogP contribution in [-0.4, -0.2) is 22.9 Å². The van der Waals surface area contributed by atoms with E-state index in [1.165, 1.54) is 13.4 Å². The summed E-state index contributed by atoms with van der Waals surface area (Å²) in [6, 6.07) is 3.47. The fourth-order valence-electron chi connectivity index (χ4n) is 1.24. The van der Waals surface area contributed by atoms with Crippen LogP contribution < -0.4 is 0 Å². The number of carbonyl (C=O) groups excluding carboxylic acids is 1. The van der Waals surface area contributed by atoms with Gasteiger partial charge in [0.25, 0.3) is 0 Å². The van der Waals surface area contributed by atoms with Gasteiger partial charge in [-0.05, 0) is 12.1 Å². The summed E-state index contributed by atoms with van der Waals surface area (Å²) in [5.41, 5.74) is 0.416. The lowest BCUT2D eigenvalue weighted by atomic mass is 10.3. The average Bonchev–Trinajstić information content (AvgIpc) is 2.88. The lowest BCUT2D eigenvalue weighted by molar-refractivity contribution is 0.0600. The van der Waals surface area contributed by atoms with Crippen LogP contribution in [0.25, 0.3) is 0 Å². The molecule has 2 heterocycles. The molecule has 15 heavy (non-hydrogen) atoms. The van der Waals surface area contributed by atoms with Crippen molar-refractivity contribution in [3.05, 3.63) is 42.1 Å². The van der Waals surface area contributed by atoms with Gasteiger partial charge in [-0.15, -0.1) is 0 Å². The molecule has 0 radical (unpaired) electrons. The maximum atomic E-state index is 11.1. The molecule has 5 heteroatoms. The summed E-state index contributed by atoms with van der Waals surface area (Å²) in [6.45, 7) is 0.504. The topological polar surface area (TPSA) is 57.3 Å². The molecule has 0 fully saturated rings. The minimum atomic E-state index is -0.398. The Balaban J connectivity index is 2.11. The minimum Gasteiger partial charge on any atom is -0.466 e. The number of ether oxygens (including phenoxy) is 1. The maximum Gasteiger partial charge on any atom is 0.341 e. The second-order valence-electron chi connectivity index (χ2n) is 3.00. The van der Waals surface area contributed by atoms with Crippen LogP contribution in [0.15, 0.2) is 35.2 Å². The predicted octanol–water partition coefficient (Wildman–Crippen LogP) is 1.31. The molecule has 0 unspecified atom stereocenters. The van der Waals surface area contributed by atoms with Crippen LogP contribution in [0, 0.1) is 0 Å². The Hall–Kier alpha value is -2.04. The van der Waals surface area contributed by atoms with Gasteiger partial charge in [-0.3, -0.25) is 4.68 Å². The van der Waals surface area contributed by atoms with E-state index < -0.39 is 5.97 Å². The molecule has 0 N–H and O–H groups in total. The molecule has 0 aliphatic carbocycles. The van der Waals surface area contributed by atoms with E-state index >= 15 is 0 Å². The molecule has 5 nitrogen and oxygen atoms in total. The molecule has 0 atom stereocenters. The summed E-state index contributed by atoms with van der Waals surface area (Å²) in [6.07, 6.45) is 4.88. The van der Waals surface area contributed by atoms with Crippen LogP contribution in [0.4, 0.5) is 0 Å². The van der Waals surface area contributed by atoms with Crippen molar-refractivity contribution in [2.45, 2.75) is 6.54 Å². The molecule has 2 aromatic rings. The zero-order valence-electron chi connectivity index (χ0n) is 8.21. The highest BCUT2D eigenvalue weighted by atomic mass is 16.5. The minimum absolute atomic E-state index is 0.398. The summed E-state index contributed by atoms with van der Waals surface area (Å²) in [5.74, 6) is 0.268. The highest BCUT2D eigenvalue weighted by Gasteiger charge is 2.10. The molecule has 0 aliphatic rings. The van der Waals surface area contributed by atoms with Crippen LogP contribution in [-0.2, 0) is 11.3 Å². The largest absolute Gasteiger partial charge is 0.466 e. The van der Waals surface area contributed by atoms with Gasteiger partial charge in [-0.25, -0.2) is 4.79 Å². The Labute approximate surface area is 86.3 Å². The third kappa shape index (κ3) is 2.07. The van der Waals surface area contributed by atoms with Gasteiger partial charge in [0.1, 0.15) is 12.0 Å². The van der Waals surface area contributed by atoms with Crippen LogP contribution in [0.5, 0.6) is 0 Å². The van der Waals surface area contributed by atoms with Crippen molar-refractivity contribution in [3.8, 4) is 0 Å². The van der Waals surface area contributed by atoms with Gasteiger partial charge in [-0.2, -0.15) is 5.10 Å². The molecule has 0 amide bonds. The highest BCUT2D eigenvalue weighted by molar-refractivity contribution is 5.88. The maximum absolute atomic E-state index is 11.1. The zero-order chi connectivity index (χ0) is 10.7. The third-order valence-corrected chi connectivity index (χ3v) is 1.95. The van der Waals surface area contributed by atoms with E-state index in [-0.39, 0.29) is 0 Å². The van der Waals surface area contributed by atoms with E-state index in [1.54, 1.807) is 16.9 Å². The molecule has 0 spiro atoms. The van der Waals surface area contributed by atoms with Crippen molar-refractivity contribution in [2.24, 2.45) is 0 Å². The van der Waals surface area contributed by atoms with Gasteiger partial charge >= 0.3 is 5.97 Å². The third-order valence-electron chi connectivity index (χ3n) is 1.95. The van der Waals surface area contributed by atoms with Gasteiger partial charge in [0.2, 0.25) is 0 Å². The quantitative estimate of drug-likeness (QED) is 0.710. The monoisotopic (exact) mass is 206 g/mol. The van der Waals surface area contributed by atoms with E-state index in [2.05, 4.69) is 9.84 Å². The lowest BCUT2D eigenvalue weighted by Gasteiger charge is -1.95. The van der Waals surface area contributed by atoms with E-state index in [1.807, 2.05) is 12.3 Å². The summed E-state index contributed by atoms with van der Waals surface area (Å²) in [4.78, 5) is 11.1. The van der Waals surface area contributed by atoms with Crippen LogP contribution >= 0.6 is 0 Å². The standard InChI is InChI=1S/C10H10N2O3/c1-14-10(13)8-5-9(15-7-8)6-12-4-2-3-11-12/h2-5,7H,6H2,1H3. The first-order chi connectivity index (χ1) is 7.29. The number of rotatable bonds is 3. The van der Waals surface area contributed by atoms with E-state index in [9.17, 15) is 4.79 Å². The molecular formula is C10H10N2O3. The van der Waals surface area contributed by atoms with Crippen molar-refractivity contribution in [1.82, 2.24) is 9.78 Å². The lowest BCUT2D eigenvalue weighted by Crippen LogP contribution is -2.00. The Bertz CT molecular complexity index is 445. The first kappa shape index (κ1) is 9.51. The number of esters is 1. The first-order valence-electron chi connectivity index (χ1n) is 4.43. The Kier molecular flexibility index (Phi) is 2.53. The van der Waals surface area contributed by atoms with Crippen LogP contribution in [0.3, 0.4) is 0 Å². The fraction of sp³-hybridized carbons (Fsp3) is 0.200. The van der Waals surface area contributed by atoms with E-state index in [4.69, 9.17) is 4.42 Å². The van der Waals surface area contributed by atoms with Gasteiger partial charge < -0.3 is 9.15 Å². The second kappa shape index (κ2) is 4.00. The van der Waals surface area contributed by atoms with Crippen LogP contribution in [0.1, 0.15) is 16.1 Å². The second-order valence-corrected chi connectivity index (χ2v) is 3.00. The van der Waals surface area contributed by atoms with Crippen molar-refractivity contribution >= 4 is 5.97 Å². The molecule has 0 aliphatic heterocycles. The first-order valence-corrected chi connectivity index (χ1v) is 4.43. The summed E-state index contributed by atoms with van der Waals surface area (Å²) < 4.78 is 11.5. The normalized spacial score (nSPS) is 10.2. The molecule has 2 rings (SSSR count). The number of nitrogens with zero attached hydrogens (tertiary/aromatic N) is 2. The van der Waals surface area contributed by atoms with E-state index in [0.717, 1.165) is 0 Å². The Morgan fingerprint density at radius 3 is 3.20 bits per heavy atom. The molecule has 78 valence electrons. The summed E-state index contributed by atoms with van der Waals surface area (Å²) in [7, 11) is 1.34. The smallest absolute Gasteiger partial charge is 0.341 e. The number of methoxy groups -OCH3 is 1. The molecule has 0 saturated heterocycles. The highest BCUT2D eigenvalue weighted by Crippen LogP contribution is 2.10. The zero-order valence-corrected chi connectivity index (χ0v) is 8.21. The number of hydrogen-bond acceptors (Lipinski definition) is 4. The van der Waals surface area contributed by atoms with Crippen LogP contribution in [0.2, 0.25) is 0 Å². The SMILES string of the molecule is COC(=O)c1coc(Cn2cccn2)c1. The Morgan fingerprint density at radius 1 is 1.67 bits per heavy atom. The average molecular weight is 206 g/mol. The molecule has 0 bridgehead atoms.